The Labute approximate surface area is 211 Å². The quantitative estimate of drug-likeness (QED) is 0.159. The summed E-state index contributed by atoms with van der Waals surface area (Å²) in [6.45, 7) is 2.65. The lowest BCUT2D eigenvalue weighted by molar-refractivity contribution is 0.0936. The van der Waals surface area contributed by atoms with Gasteiger partial charge in [-0.25, -0.2) is 9.37 Å². The Morgan fingerprint density at radius 2 is 1.72 bits per heavy atom. The average Bonchev–Trinajstić information content (AvgIpc) is 2.88. The maximum atomic E-state index is 13.6. The maximum absolute atomic E-state index is 13.6. The summed E-state index contributed by atoms with van der Waals surface area (Å²) in [6, 6.07) is 17.3. The van der Waals surface area contributed by atoms with E-state index in [1.807, 2.05) is 19.1 Å². The molecule has 0 saturated heterocycles. The molecular formula is C27H24FN3O4S. The van der Waals surface area contributed by atoms with E-state index in [0.717, 1.165) is 17.3 Å². The van der Waals surface area contributed by atoms with Crippen LogP contribution in [-0.2, 0) is 4.74 Å². The largest absolute Gasteiger partial charge is 0.383 e. The fraction of sp³-hybridized carbons (Fsp3) is 0.185. The topological polar surface area (TPSA) is 90.3 Å². The zero-order chi connectivity index (χ0) is 25.7. The Balaban J connectivity index is 1.73. The van der Waals surface area contributed by atoms with Gasteiger partial charge in [0, 0.05) is 24.8 Å². The first-order chi connectivity index (χ1) is 17.4. The van der Waals surface area contributed by atoms with E-state index >= 15 is 0 Å². The Morgan fingerprint density at radius 3 is 2.42 bits per heavy atom. The van der Waals surface area contributed by atoms with Crippen molar-refractivity contribution in [2.45, 2.75) is 12.1 Å². The standard InChI is InChI=1S/C27H24FN3O4S/c1-17-3-5-18(6-4-17)24(32)16-36-27-30-23-15-19(25(33)29-13-14-35-2)7-12-22(23)26(34)31(27)21-10-8-20(28)9-11-21/h3-12,15H,13-14,16H2,1-2H3,(H,29,33). The Morgan fingerprint density at radius 1 is 1.03 bits per heavy atom. The highest BCUT2D eigenvalue weighted by Crippen LogP contribution is 2.23. The number of ether oxygens (including phenoxy) is 1. The molecule has 1 heterocycles. The van der Waals surface area contributed by atoms with Gasteiger partial charge in [0.2, 0.25) is 0 Å². The van der Waals surface area contributed by atoms with E-state index in [1.165, 1.54) is 28.8 Å². The van der Waals surface area contributed by atoms with Crippen LogP contribution in [0.25, 0.3) is 16.6 Å². The van der Waals surface area contributed by atoms with E-state index in [0.29, 0.717) is 40.9 Å². The van der Waals surface area contributed by atoms with Gasteiger partial charge < -0.3 is 10.1 Å². The third kappa shape index (κ3) is 5.69. The second-order valence-corrected chi connectivity index (χ2v) is 9.01. The Hall–Kier alpha value is -3.82. The lowest BCUT2D eigenvalue weighted by Crippen LogP contribution is -2.27. The van der Waals surface area contributed by atoms with Crippen LogP contribution in [0.5, 0.6) is 0 Å². The molecule has 0 atom stereocenters. The van der Waals surface area contributed by atoms with Crippen molar-refractivity contribution in [2.24, 2.45) is 0 Å². The average molecular weight is 506 g/mol. The van der Waals surface area contributed by atoms with E-state index in [2.05, 4.69) is 10.3 Å². The molecule has 0 radical (unpaired) electrons. The van der Waals surface area contributed by atoms with Gasteiger partial charge in [0.1, 0.15) is 5.82 Å². The number of benzene rings is 3. The number of hydrogen-bond acceptors (Lipinski definition) is 6. The number of carbonyl (C=O) groups excluding carboxylic acids is 2. The molecule has 4 rings (SSSR count). The first-order valence-corrected chi connectivity index (χ1v) is 12.2. The number of ketones is 1. The summed E-state index contributed by atoms with van der Waals surface area (Å²) in [5, 5.41) is 3.29. The van der Waals surface area contributed by atoms with Gasteiger partial charge in [-0.05, 0) is 49.4 Å². The number of carbonyl (C=O) groups is 2. The van der Waals surface area contributed by atoms with E-state index in [9.17, 15) is 18.8 Å². The van der Waals surface area contributed by atoms with E-state index in [1.54, 1.807) is 37.4 Å². The van der Waals surface area contributed by atoms with Gasteiger partial charge in [-0.1, -0.05) is 41.6 Å². The number of aromatic nitrogens is 2. The number of hydrogen-bond donors (Lipinski definition) is 1. The van der Waals surface area contributed by atoms with Gasteiger partial charge in [-0.2, -0.15) is 0 Å². The van der Waals surface area contributed by atoms with Gasteiger partial charge in [0.05, 0.1) is 29.0 Å². The number of nitrogens with one attached hydrogen (secondary N) is 1. The maximum Gasteiger partial charge on any atom is 0.266 e. The number of aryl methyl sites for hydroxylation is 1. The van der Waals surface area contributed by atoms with Crippen LogP contribution >= 0.6 is 11.8 Å². The summed E-state index contributed by atoms with van der Waals surface area (Å²) in [5.74, 6) is -0.832. The molecule has 0 bridgehead atoms. The number of rotatable bonds is 9. The van der Waals surface area contributed by atoms with Crippen molar-refractivity contribution < 1.29 is 18.7 Å². The SMILES string of the molecule is COCCNC(=O)c1ccc2c(=O)n(-c3ccc(F)cc3)c(SCC(=O)c3ccc(C)cc3)nc2c1. The highest BCUT2D eigenvalue weighted by Gasteiger charge is 2.17. The third-order valence-corrected chi connectivity index (χ3v) is 6.42. The molecule has 0 fully saturated rings. The molecule has 9 heteroatoms. The fourth-order valence-corrected chi connectivity index (χ4v) is 4.45. The molecule has 1 amide bonds. The number of thioether (sulfide) groups is 1. The number of amides is 1. The van der Waals surface area contributed by atoms with Crippen molar-refractivity contribution in [1.82, 2.24) is 14.9 Å². The van der Waals surface area contributed by atoms with E-state index < -0.39 is 5.82 Å². The lowest BCUT2D eigenvalue weighted by atomic mass is 10.1. The molecule has 0 unspecified atom stereocenters. The second-order valence-electron chi connectivity index (χ2n) is 8.07. The van der Waals surface area contributed by atoms with Gasteiger partial charge in [-0.3, -0.25) is 19.0 Å². The minimum absolute atomic E-state index is 0.0411. The molecule has 0 aliphatic rings. The van der Waals surface area contributed by atoms with Crippen molar-refractivity contribution >= 4 is 34.4 Å². The van der Waals surface area contributed by atoms with Crippen LogP contribution in [-0.4, -0.2) is 47.3 Å². The van der Waals surface area contributed by atoms with Crippen molar-refractivity contribution in [3.63, 3.8) is 0 Å². The third-order valence-electron chi connectivity index (χ3n) is 5.48. The molecule has 0 aliphatic carbocycles. The second kappa shape index (κ2) is 11.3. The summed E-state index contributed by atoms with van der Waals surface area (Å²) >= 11 is 1.10. The number of methoxy groups -OCH3 is 1. The first-order valence-electron chi connectivity index (χ1n) is 11.2. The molecule has 0 saturated carbocycles. The molecule has 1 aromatic heterocycles. The predicted molar refractivity (Wildman–Crippen MR) is 138 cm³/mol. The van der Waals surface area contributed by atoms with Crippen molar-refractivity contribution in [1.29, 1.82) is 0 Å². The lowest BCUT2D eigenvalue weighted by Gasteiger charge is -2.14. The predicted octanol–water partition coefficient (Wildman–Crippen LogP) is 4.18. The van der Waals surface area contributed by atoms with Crippen LogP contribution in [0, 0.1) is 12.7 Å². The van der Waals surface area contributed by atoms with Crippen molar-refractivity contribution in [3.8, 4) is 5.69 Å². The van der Waals surface area contributed by atoms with E-state index in [-0.39, 0.29) is 28.2 Å². The highest BCUT2D eigenvalue weighted by atomic mass is 32.2. The first kappa shape index (κ1) is 25.3. The summed E-state index contributed by atoms with van der Waals surface area (Å²) in [7, 11) is 1.54. The Kier molecular flexibility index (Phi) is 7.92. The molecule has 3 aromatic carbocycles. The van der Waals surface area contributed by atoms with Crippen LogP contribution in [0.2, 0.25) is 0 Å². The Bertz CT molecular complexity index is 1470. The zero-order valence-electron chi connectivity index (χ0n) is 19.8. The van der Waals surface area contributed by atoms with Gasteiger partial charge in [0.15, 0.2) is 10.9 Å². The van der Waals surface area contributed by atoms with Crippen LogP contribution in [0.4, 0.5) is 4.39 Å². The van der Waals surface area contributed by atoms with Crippen LogP contribution in [0.15, 0.2) is 76.7 Å². The van der Waals surface area contributed by atoms with Gasteiger partial charge in [-0.15, -0.1) is 0 Å². The highest BCUT2D eigenvalue weighted by molar-refractivity contribution is 7.99. The summed E-state index contributed by atoms with van der Waals surface area (Å²) in [6.07, 6.45) is 0. The molecule has 0 aliphatic heterocycles. The van der Waals surface area contributed by atoms with Crippen molar-refractivity contribution in [3.05, 3.63) is 99.6 Å². The van der Waals surface area contributed by atoms with Crippen molar-refractivity contribution in [2.75, 3.05) is 26.0 Å². The van der Waals surface area contributed by atoms with Gasteiger partial charge >= 0.3 is 0 Å². The molecule has 7 nitrogen and oxygen atoms in total. The molecule has 4 aromatic rings. The number of Topliss-reactive ketones (excluding diaryl/α,β-unsaturated/α-hetero) is 1. The zero-order valence-corrected chi connectivity index (χ0v) is 20.6. The summed E-state index contributed by atoms with van der Waals surface area (Å²) in [4.78, 5) is 43.4. The monoisotopic (exact) mass is 505 g/mol. The number of nitrogens with zero attached hydrogens (tertiary/aromatic N) is 2. The number of halogens is 1. The number of fused-ring (bicyclic) bond motifs is 1. The summed E-state index contributed by atoms with van der Waals surface area (Å²) in [5.41, 5.74) is 2.30. The molecular weight excluding hydrogens is 481 g/mol. The van der Waals surface area contributed by atoms with Crippen LogP contribution in [0.1, 0.15) is 26.3 Å². The molecule has 0 spiro atoms. The van der Waals surface area contributed by atoms with Gasteiger partial charge in [0.25, 0.3) is 11.5 Å². The minimum atomic E-state index is -0.437. The minimum Gasteiger partial charge on any atom is -0.383 e. The smallest absolute Gasteiger partial charge is 0.266 e. The molecule has 36 heavy (non-hydrogen) atoms. The van der Waals surface area contributed by atoms with E-state index in [4.69, 9.17) is 4.74 Å². The molecule has 184 valence electrons. The summed E-state index contributed by atoms with van der Waals surface area (Å²) < 4.78 is 19.9. The fourth-order valence-electron chi connectivity index (χ4n) is 3.54. The normalized spacial score (nSPS) is 11.0. The van der Waals surface area contributed by atoms with Crippen LogP contribution < -0.4 is 10.9 Å². The van der Waals surface area contributed by atoms with Crippen LogP contribution in [0.3, 0.4) is 0 Å². The molecule has 1 N–H and O–H groups in total.